The number of rotatable bonds is 1. The molecule has 1 N–H and O–H groups in total. The van der Waals surface area contributed by atoms with Crippen molar-refractivity contribution in [3.8, 4) is 0 Å². The molecule has 1 fully saturated rings. The van der Waals surface area contributed by atoms with Gasteiger partial charge < -0.3 is 0 Å². The lowest BCUT2D eigenvalue weighted by Crippen LogP contribution is -2.59. The maximum atomic E-state index is 12.4. The van der Waals surface area contributed by atoms with Gasteiger partial charge in [-0.15, -0.1) is 0 Å². The van der Waals surface area contributed by atoms with Gasteiger partial charge >= 0.3 is 0 Å². The van der Waals surface area contributed by atoms with Crippen LogP contribution in [0, 0.1) is 0 Å². The Kier molecular flexibility index (Phi) is 2.98. The minimum Gasteiger partial charge on any atom is -0.295 e. The zero-order valence-corrected chi connectivity index (χ0v) is 10.9. The zero-order chi connectivity index (χ0) is 13.4. The van der Waals surface area contributed by atoms with E-state index in [0.29, 0.717) is 29.6 Å². The fraction of sp³-hybridized carbons (Fsp3) is 0.308. The molecule has 1 saturated heterocycles. The van der Waals surface area contributed by atoms with Crippen LogP contribution in [0.3, 0.4) is 0 Å². The van der Waals surface area contributed by atoms with Gasteiger partial charge in [-0.1, -0.05) is 29.8 Å². The second-order valence-electron chi connectivity index (χ2n) is 4.49. The highest BCUT2D eigenvalue weighted by Crippen LogP contribution is 2.29. The Hall–Kier alpha value is -1.88. The van der Waals surface area contributed by atoms with Crippen molar-refractivity contribution in [1.82, 2.24) is 10.2 Å². The molecule has 0 bridgehead atoms. The van der Waals surface area contributed by atoms with Gasteiger partial charge in [0.2, 0.25) is 17.8 Å². The molecular weight excluding hydrogens is 266 g/mol. The van der Waals surface area contributed by atoms with Gasteiger partial charge in [-0.3, -0.25) is 24.8 Å². The highest BCUT2D eigenvalue weighted by Gasteiger charge is 2.41. The summed E-state index contributed by atoms with van der Waals surface area (Å²) >= 11 is 6.08. The first-order valence-electron chi connectivity index (χ1n) is 6.09. The zero-order valence-electron chi connectivity index (χ0n) is 10.1. The number of guanidine groups is 1. The van der Waals surface area contributed by atoms with E-state index in [1.165, 1.54) is 4.90 Å². The summed E-state index contributed by atoms with van der Waals surface area (Å²) in [5.41, 5.74) is 0.538. The Balaban J connectivity index is 2.01. The van der Waals surface area contributed by atoms with Crippen LogP contribution in [0.5, 0.6) is 0 Å². The van der Waals surface area contributed by atoms with Crippen molar-refractivity contribution in [1.29, 1.82) is 0 Å². The Bertz CT molecular complexity index is 585. The quantitative estimate of drug-likeness (QED) is 0.783. The molecule has 3 rings (SSSR count). The van der Waals surface area contributed by atoms with Crippen LogP contribution in [-0.4, -0.2) is 35.8 Å². The molecule has 2 aliphatic heterocycles. The smallest absolute Gasteiger partial charge is 0.246 e. The maximum Gasteiger partial charge on any atom is 0.246 e. The molecule has 0 saturated carbocycles. The van der Waals surface area contributed by atoms with Crippen molar-refractivity contribution < 1.29 is 9.59 Å². The number of carbonyl (C=O) groups is 2. The maximum absolute atomic E-state index is 12.4. The van der Waals surface area contributed by atoms with E-state index in [9.17, 15) is 9.59 Å². The van der Waals surface area contributed by atoms with Crippen LogP contribution in [0.1, 0.15) is 17.9 Å². The highest BCUT2D eigenvalue weighted by molar-refractivity contribution is 6.32. The molecule has 1 aromatic rings. The molecule has 2 heterocycles. The van der Waals surface area contributed by atoms with Gasteiger partial charge in [0.15, 0.2) is 0 Å². The molecule has 0 aromatic heterocycles. The lowest BCUT2D eigenvalue weighted by Gasteiger charge is -2.35. The van der Waals surface area contributed by atoms with Crippen molar-refractivity contribution in [2.45, 2.75) is 12.3 Å². The standard InChI is InChI=1S/C13H12ClN3O2/c14-9-5-2-1-4-8(9)10-11(18)16-13-15-6-3-7-17(13)12(10)19/h1-2,4-5,10H,3,6-7H2,(H,15,16,18). The number of benzene rings is 1. The molecule has 0 aliphatic carbocycles. The largest absolute Gasteiger partial charge is 0.295 e. The summed E-state index contributed by atoms with van der Waals surface area (Å²) in [4.78, 5) is 30.2. The van der Waals surface area contributed by atoms with Gasteiger partial charge in [-0.2, -0.15) is 0 Å². The molecule has 0 spiro atoms. The minimum absolute atomic E-state index is 0.254. The normalized spacial score (nSPS) is 22.7. The molecule has 2 amide bonds. The van der Waals surface area contributed by atoms with Crippen LogP contribution in [0.15, 0.2) is 29.3 Å². The van der Waals surface area contributed by atoms with Gasteiger partial charge in [0.05, 0.1) is 0 Å². The van der Waals surface area contributed by atoms with E-state index in [2.05, 4.69) is 10.3 Å². The first-order valence-corrected chi connectivity index (χ1v) is 6.47. The van der Waals surface area contributed by atoms with Crippen LogP contribution < -0.4 is 5.32 Å². The van der Waals surface area contributed by atoms with Gasteiger partial charge in [-0.05, 0) is 18.1 Å². The average molecular weight is 278 g/mol. The van der Waals surface area contributed by atoms with Gasteiger partial charge in [-0.25, -0.2) is 0 Å². The van der Waals surface area contributed by atoms with E-state index in [-0.39, 0.29) is 11.8 Å². The van der Waals surface area contributed by atoms with Crippen molar-refractivity contribution in [3.63, 3.8) is 0 Å². The Morgan fingerprint density at radius 1 is 1.32 bits per heavy atom. The predicted molar refractivity (Wildman–Crippen MR) is 71.0 cm³/mol. The summed E-state index contributed by atoms with van der Waals surface area (Å²) in [6.07, 6.45) is 0.806. The van der Waals surface area contributed by atoms with Crippen molar-refractivity contribution in [3.05, 3.63) is 34.9 Å². The van der Waals surface area contributed by atoms with Gasteiger partial charge in [0.1, 0.15) is 5.92 Å². The van der Waals surface area contributed by atoms with Crippen molar-refractivity contribution in [2.24, 2.45) is 4.99 Å². The summed E-state index contributed by atoms with van der Waals surface area (Å²) in [6, 6.07) is 6.92. The van der Waals surface area contributed by atoms with E-state index < -0.39 is 5.92 Å². The molecular formula is C13H12ClN3O2. The number of hydrogen-bond donors (Lipinski definition) is 1. The molecule has 1 atom stereocenters. The first-order chi connectivity index (χ1) is 9.18. The summed E-state index contributed by atoms with van der Waals surface area (Å²) in [5.74, 6) is -1.14. The second-order valence-corrected chi connectivity index (χ2v) is 4.90. The first kappa shape index (κ1) is 12.2. The van der Waals surface area contributed by atoms with Gasteiger partial charge in [0, 0.05) is 18.1 Å². The van der Waals surface area contributed by atoms with E-state index in [1.807, 2.05) is 0 Å². The number of nitrogens with one attached hydrogen (secondary N) is 1. The molecule has 98 valence electrons. The molecule has 0 radical (unpaired) electrons. The van der Waals surface area contributed by atoms with Crippen LogP contribution in [-0.2, 0) is 9.59 Å². The Labute approximate surface area is 115 Å². The minimum atomic E-state index is -0.884. The van der Waals surface area contributed by atoms with Crippen LogP contribution in [0.2, 0.25) is 5.02 Å². The van der Waals surface area contributed by atoms with E-state index in [4.69, 9.17) is 11.6 Å². The fourth-order valence-corrected chi connectivity index (χ4v) is 2.61. The van der Waals surface area contributed by atoms with Crippen molar-refractivity contribution in [2.75, 3.05) is 13.1 Å². The number of amides is 2. The predicted octanol–water partition coefficient (Wildman–Crippen LogP) is 1.14. The average Bonchev–Trinajstić information content (AvgIpc) is 2.41. The SMILES string of the molecule is O=C1NC2=NCCCN2C(=O)C1c1ccccc1Cl. The molecule has 5 nitrogen and oxygen atoms in total. The third-order valence-electron chi connectivity index (χ3n) is 3.28. The summed E-state index contributed by atoms with van der Waals surface area (Å²) in [6.45, 7) is 1.22. The Morgan fingerprint density at radius 2 is 2.11 bits per heavy atom. The fourth-order valence-electron chi connectivity index (χ4n) is 2.36. The topological polar surface area (TPSA) is 61.8 Å². The summed E-state index contributed by atoms with van der Waals surface area (Å²) in [7, 11) is 0. The van der Waals surface area contributed by atoms with Crippen LogP contribution in [0.25, 0.3) is 0 Å². The van der Waals surface area contributed by atoms with Crippen LogP contribution >= 0.6 is 11.6 Å². The van der Waals surface area contributed by atoms with Gasteiger partial charge in [0.25, 0.3) is 0 Å². The Morgan fingerprint density at radius 3 is 2.89 bits per heavy atom. The van der Waals surface area contributed by atoms with E-state index >= 15 is 0 Å². The second kappa shape index (κ2) is 4.66. The summed E-state index contributed by atoms with van der Waals surface area (Å²) < 4.78 is 0. The molecule has 1 aromatic carbocycles. The van der Waals surface area contributed by atoms with Crippen LogP contribution in [0.4, 0.5) is 0 Å². The van der Waals surface area contributed by atoms with E-state index in [0.717, 1.165) is 6.42 Å². The number of nitrogens with zero attached hydrogens (tertiary/aromatic N) is 2. The third kappa shape index (κ3) is 2.00. The number of hydrogen-bond acceptors (Lipinski definition) is 3. The number of halogens is 1. The monoisotopic (exact) mass is 277 g/mol. The lowest BCUT2D eigenvalue weighted by molar-refractivity contribution is -0.137. The summed E-state index contributed by atoms with van der Waals surface area (Å²) in [5, 5.41) is 3.11. The van der Waals surface area contributed by atoms with E-state index in [1.54, 1.807) is 24.3 Å². The molecule has 2 aliphatic rings. The number of aliphatic imine (C=N–C) groups is 1. The molecule has 1 unspecified atom stereocenters. The van der Waals surface area contributed by atoms with Crippen molar-refractivity contribution >= 4 is 29.4 Å². The molecule has 19 heavy (non-hydrogen) atoms. The number of fused-ring (bicyclic) bond motifs is 1. The third-order valence-corrected chi connectivity index (χ3v) is 3.63. The molecule has 6 heteroatoms. The highest BCUT2D eigenvalue weighted by atomic mass is 35.5. The number of carbonyl (C=O) groups excluding carboxylic acids is 2. The lowest BCUT2D eigenvalue weighted by atomic mass is 9.94.